The Balaban J connectivity index is 2.38. The first-order valence-electron chi connectivity index (χ1n) is 5.81. The van der Waals surface area contributed by atoms with E-state index in [0.29, 0.717) is 0 Å². The standard InChI is InChI=1S/C11H16N2O6/c1-5(14)8-7(16)9(18-2)10(19-8)13-4-3-6(15)12-11(13)17/h3-5,7-10,14,16H,1-2H3,(H,12,15,17)/t5-,7?,8+,9-,10+/m0/s1. The molecule has 0 amide bonds. The molecule has 0 aromatic carbocycles. The van der Waals surface area contributed by atoms with Gasteiger partial charge in [0.25, 0.3) is 5.56 Å². The second kappa shape index (κ2) is 5.25. The molecule has 0 aliphatic carbocycles. The number of aliphatic hydroxyl groups is 2. The highest BCUT2D eigenvalue weighted by atomic mass is 16.6. The lowest BCUT2D eigenvalue weighted by Gasteiger charge is -2.19. The topological polar surface area (TPSA) is 114 Å². The van der Waals surface area contributed by atoms with Crippen LogP contribution in [0.15, 0.2) is 21.9 Å². The third-order valence-corrected chi connectivity index (χ3v) is 3.12. The fourth-order valence-corrected chi connectivity index (χ4v) is 2.18. The van der Waals surface area contributed by atoms with Crippen LogP contribution in [0.1, 0.15) is 13.2 Å². The molecule has 1 aliphatic heterocycles. The van der Waals surface area contributed by atoms with E-state index < -0.39 is 41.9 Å². The van der Waals surface area contributed by atoms with Crippen LogP contribution < -0.4 is 11.2 Å². The average molecular weight is 272 g/mol. The van der Waals surface area contributed by atoms with Gasteiger partial charge in [-0.2, -0.15) is 0 Å². The third kappa shape index (κ3) is 2.47. The maximum Gasteiger partial charge on any atom is 0.330 e. The van der Waals surface area contributed by atoms with Crippen LogP contribution in [0, 0.1) is 0 Å². The average Bonchev–Trinajstić information content (AvgIpc) is 2.66. The van der Waals surface area contributed by atoms with Crippen LogP contribution in [-0.2, 0) is 9.47 Å². The number of nitrogens with one attached hydrogen (secondary N) is 1. The lowest BCUT2D eigenvalue weighted by Crippen LogP contribution is -2.39. The molecular formula is C11H16N2O6. The number of aromatic amines is 1. The van der Waals surface area contributed by atoms with Gasteiger partial charge in [0.05, 0.1) is 6.10 Å². The van der Waals surface area contributed by atoms with Gasteiger partial charge in [-0.05, 0) is 6.92 Å². The van der Waals surface area contributed by atoms with E-state index in [4.69, 9.17) is 9.47 Å². The molecule has 8 heteroatoms. The Morgan fingerprint density at radius 3 is 2.74 bits per heavy atom. The summed E-state index contributed by atoms with van der Waals surface area (Å²) in [6.07, 6.45) is -3.33. The summed E-state index contributed by atoms with van der Waals surface area (Å²) in [4.78, 5) is 24.8. The summed E-state index contributed by atoms with van der Waals surface area (Å²) in [6.45, 7) is 1.47. The molecule has 1 aromatic heterocycles. The highest BCUT2D eigenvalue weighted by Crippen LogP contribution is 2.31. The van der Waals surface area contributed by atoms with Crippen molar-refractivity contribution in [2.75, 3.05) is 7.11 Å². The normalized spacial score (nSPS) is 32.4. The Bertz CT molecular complexity index is 551. The number of H-pyrrole nitrogens is 1. The van der Waals surface area contributed by atoms with Crippen molar-refractivity contribution >= 4 is 0 Å². The van der Waals surface area contributed by atoms with Crippen LogP contribution in [0.25, 0.3) is 0 Å². The van der Waals surface area contributed by atoms with Crippen LogP contribution in [0.4, 0.5) is 0 Å². The zero-order chi connectivity index (χ0) is 14.2. The Hall–Kier alpha value is -1.48. The zero-order valence-electron chi connectivity index (χ0n) is 10.5. The second-order valence-electron chi connectivity index (χ2n) is 4.44. The molecule has 3 N–H and O–H groups in total. The Morgan fingerprint density at radius 2 is 2.21 bits per heavy atom. The summed E-state index contributed by atoms with van der Waals surface area (Å²) in [6, 6.07) is 1.17. The molecule has 19 heavy (non-hydrogen) atoms. The molecule has 1 unspecified atom stereocenters. The fourth-order valence-electron chi connectivity index (χ4n) is 2.18. The summed E-state index contributed by atoms with van der Waals surface area (Å²) in [5.41, 5.74) is -1.20. The highest BCUT2D eigenvalue weighted by Gasteiger charge is 2.47. The molecule has 0 spiro atoms. The lowest BCUT2D eigenvalue weighted by atomic mass is 10.1. The number of aromatic nitrogens is 2. The molecule has 1 aromatic rings. The van der Waals surface area contributed by atoms with E-state index in [1.54, 1.807) is 0 Å². The van der Waals surface area contributed by atoms with Crippen LogP contribution in [0.3, 0.4) is 0 Å². The summed E-state index contributed by atoms with van der Waals surface area (Å²) in [7, 11) is 1.37. The molecule has 1 saturated heterocycles. The minimum absolute atomic E-state index is 0.527. The van der Waals surface area contributed by atoms with Crippen molar-refractivity contribution in [2.24, 2.45) is 0 Å². The van der Waals surface area contributed by atoms with Gasteiger partial charge in [0, 0.05) is 19.4 Å². The quantitative estimate of drug-likeness (QED) is 0.597. The number of hydrogen-bond donors (Lipinski definition) is 3. The van der Waals surface area contributed by atoms with Crippen LogP contribution in [0.5, 0.6) is 0 Å². The summed E-state index contributed by atoms with van der Waals surface area (Å²) in [5.74, 6) is 0. The van der Waals surface area contributed by atoms with Gasteiger partial charge >= 0.3 is 5.69 Å². The first kappa shape index (κ1) is 13.9. The van der Waals surface area contributed by atoms with E-state index in [2.05, 4.69) is 4.98 Å². The van der Waals surface area contributed by atoms with Crippen molar-refractivity contribution in [3.05, 3.63) is 33.1 Å². The number of ether oxygens (including phenoxy) is 2. The van der Waals surface area contributed by atoms with Crippen LogP contribution >= 0.6 is 0 Å². The molecule has 2 heterocycles. The van der Waals surface area contributed by atoms with Gasteiger partial charge in [-0.15, -0.1) is 0 Å². The monoisotopic (exact) mass is 272 g/mol. The van der Waals surface area contributed by atoms with Gasteiger partial charge in [-0.3, -0.25) is 14.3 Å². The van der Waals surface area contributed by atoms with Gasteiger partial charge in [0.1, 0.15) is 18.3 Å². The van der Waals surface area contributed by atoms with Crippen molar-refractivity contribution in [3.8, 4) is 0 Å². The van der Waals surface area contributed by atoms with Gasteiger partial charge in [-0.1, -0.05) is 0 Å². The summed E-state index contributed by atoms with van der Waals surface area (Å²) in [5, 5.41) is 19.5. The molecule has 1 fully saturated rings. The Kier molecular flexibility index (Phi) is 3.85. The van der Waals surface area contributed by atoms with Crippen LogP contribution in [0.2, 0.25) is 0 Å². The molecule has 106 valence electrons. The smallest absolute Gasteiger partial charge is 0.330 e. The predicted octanol–water partition coefficient (Wildman–Crippen LogP) is -1.81. The lowest BCUT2D eigenvalue weighted by molar-refractivity contribution is -0.0826. The maximum absolute atomic E-state index is 11.7. The van der Waals surface area contributed by atoms with Crippen LogP contribution in [-0.4, -0.2) is 51.3 Å². The van der Waals surface area contributed by atoms with Gasteiger partial charge in [-0.25, -0.2) is 4.79 Å². The van der Waals surface area contributed by atoms with Crippen molar-refractivity contribution in [1.29, 1.82) is 0 Å². The first-order chi connectivity index (χ1) is 8.95. The molecule has 0 bridgehead atoms. The van der Waals surface area contributed by atoms with E-state index in [1.807, 2.05) is 0 Å². The molecular weight excluding hydrogens is 256 g/mol. The Morgan fingerprint density at radius 1 is 1.53 bits per heavy atom. The molecule has 2 rings (SSSR count). The first-order valence-corrected chi connectivity index (χ1v) is 5.81. The largest absolute Gasteiger partial charge is 0.391 e. The maximum atomic E-state index is 11.7. The van der Waals surface area contributed by atoms with Crippen molar-refractivity contribution in [3.63, 3.8) is 0 Å². The SMILES string of the molecule is CO[C@H]1C(O)[C@@H]([C@H](C)O)O[C@H]1n1ccc(=O)[nH]c1=O. The van der Waals surface area contributed by atoms with Crippen molar-refractivity contribution < 1.29 is 19.7 Å². The number of methoxy groups -OCH3 is 1. The molecule has 5 atom stereocenters. The number of hydrogen-bond acceptors (Lipinski definition) is 6. The minimum atomic E-state index is -1.08. The van der Waals surface area contributed by atoms with Gasteiger partial charge in [0.15, 0.2) is 6.23 Å². The predicted molar refractivity (Wildman–Crippen MR) is 63.7 cm³/mol. The summed E-state index contributed by atoms with van der Waals surface area (Å²) < 4.78 is 11.7. The molecule has 8 nitrogen and oxygen atoms in total. The van der Waals surface area contributed by atoms with Crippen molar-refractivity contribution in [1.82, 2.24) is 9.55 Å². The van der Waals surface area contributed by atoms with Crippen molar-refractivity contribution in [2.45, 2.75) is 37.6 Å². The Labute approximate surface area is 108 Å². The minimum Gasteiger partial charge on any atom is -0.391 e. The molecule has 0 saturated carbocycles. The zero-order valence-corrected chi connectivity index (χ0v) is 10.5. The van der Waals surface area contributed by atoms with E-state index in [1.165, 1.54) is 26.3 Å². The molecule has 0 radical (unpaired) electrons. The van der Waals surface area contributed by atoms with E-state index in [-0.39, 0.29) is 0 Å². The second-order valence-corrected chi connectivity index (χ2v) is 4.44. The van der Waals surface area contributed by atoms with E-state index in [9.17, 15) is 19.8 Å². The summed E-state index contributed by atoms with van der Waals surface area (Å²) >= 11 is 0. The fraction of sp³-hybridized carbons (Fsp3) is 0.636. The highest BCUT2D eigenvalue weighted by molar-refractivity contribution is 4.95. The number of rotatable bonds is 3. The number of nitrogens with zero attached hydrogens (tertiary/aromatic N) is 1. The number of aliphatic hydroxyl groups excluding tert-OH is 2. The van der Waals surface area contributed by atoms with E-state index >= 15 is 0 Å². The third-order valence-electron chi connectivity index (χ3n) is 3.12. The van der Waals surface area contributed by atoms with E-state index in [0.717, 1.165) is 4.57 Å². The van der Waals surface area contributed by atoms with Gasteiger partial charge in [0.2, 0.25) is 0 Å². The molecule has 1 aliphatic rings. The van der Waals surface area contributed by atoms with Gasteiger partial charge < -0.3 is 19.7 Å².